The largest absolute Gasteiger partial charge is 0.379 e. The summed E-state index contributed by atoms with van der Waals surface area (Å²) in [7, 11) is 0. The minimum atomic E-state index is 0.0106. The van der Waals surface area contributed by atoms with Gasteiger partial charge in [0.1, 0.15) is 11.7 Å². The molecule has 0 aromatic carbocycles. The molecular formula is C28H35ClN6O. The number of amidine groups is 2. The summed E-state index contributed by atoms with van der Waals surface area (Å²) in [6.45, 7) is 12.8. The van der Waals surface area contributed by atoms with Crippen LogP contribution in [0.3, 0.4) is 0 Å². The molecule has 0 spiro atoms. The maximum Gasteiger partial charge on any atom is 0.139 e. The zero-order valence-electron chi connectivity index (χ0n) is 21.5. The summed E-state index contributed by atoms with van der Waals surface area (Å²) >= 11 is 6.54. The average molecular weight is 507 g/mol. The van der Waals surface area contributed by atoms with Crippen LogP contribution in [-0.2, 0) is 10.2 Å². The third-order valence-corrected chi connectivity index (χ3v) is 7.52. The lowest BCUT2D eigenvalue weighted by atomic mass is 9.75. The van der Waals surface area contributed by atoms with Crippen LogP contribution in [0.15, 0.2) is 52.7 Å². The van der Waals surface area contributed by atoms with Crippen LogP contribution in [0.5, 0.6) is 0 Å². The van der Waals surface area contributed by atoms with Crippen LogP contribution in [-0.4, -0.2) is 65.4 Å². The van der Waals surface area contributed by atoms with Crippen molar-refractivity contribution in [1.29, 1.82) is 0 Å². The number of hydrogen-bond acceptors (Lipinski definition) is 7. The van der Waals surface area contributed by atoms with Crippen molar-refractivity contribution in [3.8, 4) is 0 Å². The molecule has 1 N–H and O–H groups in total. The summed E-state index contributed by atoms with van der Waals surface area (Å²) < 4.78 is 5.54. The monoisotopic (exact) mass is 506 g/mol. The Kier molecular flexibility index (Phi) is 7.24. The number of pyridine rings is 2. The van der Waals surface area contributed by atoms with Gasteiger partial charge in [0.15, 0.2) is 0 Å². The zero-order valence-corrected chi connectivity index (χ0v) is 22.3. The first-order valence-electron chi connectivity index (χ1n) is 12.8. The van der Waals surface area contributed by atoms with Crippen LogP contribution in [0.1, 0.15) is 45.5 Å². The highest BCUT2D eigenvalue weighted by Gasteiger charge is 2.39. The van der Waals surface area contributed by atoms with Crippen molar-refractivity contribution < 1.29 is 4.74 Å². The van der Waals surface area contributed by atoms with Crippen LogP contribution >= 0.6 is 11.6 Å². The van der Waals surface area contributed by atoms with Crippen molar-refractivity contribution in [2.75, 3.05) is 38.2 Å². The van der Waals surface area contributed by atoms with Crippen LogP contribution in [0.25, 0.3) is 5.57 Å². The molecule has 1 saturated heterocycles. The van der Waals surface area contributed by atoms with Crippen LogP contribution < -0.4 is 5.32 Å². The molecule has 5 rings (SSSR count). The Morgan fingerprint density at radius 2 is 1.94 bits per heavy atom. The lowest BCUT2D eigenvalue weighted by Gasteiger charge is -2.38. The normalized spacial score (nSPS) is 24.9. The van der Waals surface area contributed by atoms with Crippen molar-refractivity contribution in [3.05, 3.63) is 59.1 Å². The van der Waals surface area contributed by atoms with Gasteiger partial charge in [0.05, 0.1) is 48.4 Å². The maximum atomic E-state index is 6.54. The lowest BCUT2D eigenvalue weighted by molar-refractivity contribution is 0.0451. The number of morpholine rings is 1. The van der Waals surface area contributed by atoms with Gasteiger partial charge in [-0.15, -0.1) is 0 Å². The van der Waals surface area contributed by atoms with Gasteiger partial charge < -0.3 is 10.1 Å². The number of nitrogens with zero attached hydrogens (tertiary/aromatic N) is 5. The fourth-order valence-electron chi connectivity index (χ4n) is 5.14. The minimum absolute atomic E-state index is 0.0106. The van der Waals surface area contributed by atoms with E-state index in [9.17, 15) is 0 Å². The zero-order chi connectivity index (χ0) is 25.3. The summed E-state index contributed by atoms with van der Waals surface area (Å²) in [5.74, 6) is 2.13. The molecule has 0 radical (unpaired) electrons. The summed E-state index contributed by atoms with van der Waals surface area (Å²) in [5.41, 5.74) is 4.04. The first-order chi connectivity index (χ1) is 17.3. The third kappa shape index (κ3) is 5.38. The Balaban J connectivity index is 1.45. The van der Waals surface area contributed by atoms with E-state index in [0.29, 0.717) is 5.02 Å². The molecule has 2 aliphatic heterocycles. The average Bonchev–Trinajstić information content (AvgIpc) is 2.86. The summed E-state index contributed by atoms with van der Waals surface area (Å²) in [6.07, 6.45) is 6.80. The van der Waals surface area contributed by atoms with Crippen LogP contribution in [0.2, 0.25) is 5.02 Å². The molecule has 3 aliphatic rings. The number of aromatic nitrogens is 2. The van der Waals surface area contributed by atoms with Crippen molar-refractivity contribution in [1.82, 2.24) is 14.9 Å². The van der Waals surface area contributed by atoms with Crippen molar-refractivity contribution in [3.63, 3.8) is 0 Å². The van der Waals surface area contributed by atoms with Crippen LogP contribution in [0, 0.1) is 11.8 Å². The van der Waals surface area contributed by atoms with E-state index >= 15 is 0 Å². The number of allylic oxidation sites excluding steroid dienone is 1. The van der Waals surface area contributed by atoms with Gasteiger partial charge >= 0.3 is 0 Å². The third-order valence-electron chi connectivity index (χ3n) is 7.21. The molecule has 7 nitrogen and oxygen atoms in total. The molecule has 2 aromatic rings. The quantitative estimate of drug-likeness (QED) is 0.625. The van der Waals surface area contributed by atoms with Gasteiger partial charge in [-0.25, -0.2) is 4.99 Å². The molecule has 0 bridgehead atoms. The van der Waals surface area contributed by atoms with Gasteiger partial charge in [-0.3, -0.25) is 19.9 Å². The maximum absolute atomic E-state index is 6.54. The highest BCUT2D eigenvalue weighted by atomic mass is 35.5. The Morgan fingerprint density at radius 1 is 1.14 bits per heavy atom. The second-order valence-corrected chi connectivity index (χ2v) is 11.3. The molecular weight excluding hydrogens is 472 g/mol. The molecule has 0 saturated carbocycles. The van der Waals surface area contributed by atoms with Crippen molar-refractivity contribution in [2.45, 2.75) is 45.6 Å². The number of hydrogen-bond donors (Lipinski definition) is 1. The molecule has 8 heteroatoms. The first-order valence-corrected chi connectivity index (χ1v) is 13.2. The lowest BCUT2D eigenvalue weighted by Crippen LogP contribution is -2.45. The van der Waals surface area contributed by atoms with Gasteiger partial charge in [-0.2, -0.15) is 0 Å². The second-order valence-electron chi connectivity index (χ2n) is 10.9. The molecule has 190 valence electrons. The molecule has 2 unspecified atom stereocenters. The number of fused-ring (bicyclic) bond motifs is 1. The predicted octanol–water partition coefficient (Wildman–Crippen LogP) is 5.09. The molecule has 36 heavy (non-hydrogen) atoms. The Bertz CT molecular complexity index is 1180. The standard InChI is InChI=1S/C28H35ClN6O/c1-18-20(26-22(29)6-5-11-30-26)8-9-21-25(18)33-24(17-35-12-14-36-15-13-35)34-27(21)32-19-7-10-23(31-16-19)28(2,3)4/h5-8,10-11,16,18,21,25H,9,12-15,17H2,1-4H3,(H,32,33,34)/t18-,21?,25?/m0/s1. The van der Waals surface area contributed by atoms with E-state index in [1.165, 1.54) is 0 Å². The van der Waals surface area contributed by atoms with E-state index in [4.69, 9.17) is 31.3 Å². The Labute approximate surface area is 218 Å². The van der Waals surface area contributed by atoms with Crippen molar-refractivity contribution >= 4 is 34.5 Å². The highest BCUT2D eigenvalue weighted by Crippen LogP contribution is 2.40. The Morgan fingerprint density at radius 3 is 2.64 bits per heavy atom. The molecule has 4 heterocycles. The number of rotatable bonds is 4. The predicted molar refractivity (Wildman–Crippen MR) is 147 cm³/mol. The topological polar surface area (TPSA) is 75.0 Å². The summed E-state index contributed by atoms with van der Waals surface area (Å²) in [5, 5.41) is 4.29. The number of anilines is 1. The number of halogens is 1. The van der Waals surface area contributed by atoms with Gasteiger partial charge in [-0.05, 0) is 36.3 Å². The highest BCUT2D eigenvalue weighted by molar-refractivity contribution is 6.32. The van der Waals surface area contributed by atoms with E-state index in [2.05, 4.69) is 61.1 Å². The van der Waals surface area contributed by atoms with Gasteiger partial charge in [0.25, 0.3) is 0 Å². The number of aliphatic imine (C=N–C) groups is 2. The second kappa shape index (κ2) is 10.4. The summed E-state index contributed by atoms with van der Waals surface area (Å²) in [6, 6.07) is 8.02. The Hall–Kier alpha value is -2.61. The smallest absolute Gasteiger partial charge is 0.139 e. The fraction of sp³-hybridized carbons (Fsp3) is 0.500. The molecule has 2 aromatic heterocycles. The van der Waals surface area contributed by atoms with Crippen molar-refractivity contribution in [2.24, 2.45) is 21.8 Å². The molecule has 1 fully saturated rings. The van der Waals surface area contributed by atoms with E-state index in [1.54, 1.807) is 6.20 Å². The number of nitrogens with one attached hydrogen (secondary N) is 1. The van der Waals surface area contributed by atoms with Gasteiger partial charge in [0.2, 0.25) is 0 Å². The van der Waals surface area contributed by atoms with E-state index in [0.717, 1.165) is 73.6 Å². The first kappa shape index (κ1) is 25.1. The van der Waals surface area contributed by atoms with E-state index in [-0.39, 0.29) is 23.3 Å². The van der Waals surface area contributed by atoms with Gasteiger partial charge in [-0.1, -0.05) is 45.4 Å². The SMILES string of the molecule is C[C@H]1C(c2ncccc2Cl)=CCC2C(Nc3ccc(C(C)(C)C)nc3)=NC(CN3CCOCC3)=NC21. The fourth-order valence-corrected chi connectivity index (χ4v) is 5.37. The van der Waals surface area contributed by atoms with E-state index < -0.39 is 0 Å². The summed E-state index contributed by atoms with van der Waals surface area (Å²) in [4.78, 5) is 21.9. The molecule has 1 aliphatic carbocycles. The van der Waals surface area contributed by atoms with Gasteiger partial charge in [0, 0.05) is 42.2 Å². The number of ether oxygens (including phenoxy) is 1. The van der Waals surface area contributed by atoms with E-state index in [1.807, 2.05) is 18.3 Å². The molecule has 3 atom stereocenters. The minimum Gasteiger partial charge on any atom is -0.379 e. The van der Waals surface area contributed by atoms with Crippen LogP contribution in [0.4, 0.5) is 5.69 Å². The molecule has 0 amide bonds.